The third kappa shape index (κ3) is 5.02. The van der Waals surface area contributed by atoms with Crippen molar-refractivity contribution in [2.24, 2.45) is 11.8 Å². The molecule has 3 saturated heterocycles. The Hall–Kier alpha value is -1.54. The average Bonchev–Trinajstić information content (AvgIpc) is 3.38. The number of carbonyl (C=O) groups excluding carboxylic acids is 3. The van der Waals surface area contributed by atoms with Crippen molar-refractivity contribution in [3.05, 3.63) is 12.7 Å². The van der Waals surface area contributed by atoms with Crippen LogP contribution in [0.3, 0.4) is 0 Å². The molecule has 1 spiro atoms. The van der Waals surface area contributed by atoms with Crippen molar-refractivity contribution >= 4 is 29.5 Å². The van der Waals surface area contributed by atoms with E-state index >= 15 is 0 Å². The van der Waals surface area contributed by atoms with E-state index in [2.05, 4.69) is 27.4 Å². The number of ether oxygens (including phenoxy) is 1. The van der Waals surface area contributed by atoms with Crippen LogP contribution >= 0.6 is 11.8 Å². The highest BCUT2D eigenvalue weighted by molar-refractivity contribution is 8.02. The fourth-order valence-corrected chi connectivity index (χ4v) is 8.98. The summed E-state index contributed by atoms with van der Waals surface area (Å²) < 4.78 is 4.46. The Kier molecular flexibility index (Phi) is 9.35. The fourth-order valence-electron chi connectivity index (χ4n) is 6.64. The molecule has 2 amide bonds. The summed E-state index contributed by atoms with van der Waals surface area (Å²) in [6.07, 6.45) is 8.45. The zero-order valence-corrected chi connectivity index (χ0v) is 22.8. The van der Waals surface area contributed by atoms with E-state index in [0.29, 0.717) is 13.1 Å². The molecule has 3 aliphatic heterocycles. The van der Waals surface area contributed by atoms with Crippen LogP contribution in [0.4, 0.5) is 0 Å². The lowest BCUT2D eigenvalue weighted by Crippen LogP contribution is -2.56. The number of thioether (sulfide) groups is 1. The van der Waals surface area contributed by atoms with Gasteiger partial charge in [0.1, 0.15) is 6.04 Å². The smallest absolute Gasteiger partial charge is 0.311 e. The maximum absolute atomic E-state index is 14.3. The number of hydrogen-bond donors (Lipinski definition) is 1. The van der Waals surface area contributed by atoms with Gasteiger partial charge in [0.15, 0.2) is 0 Å². The first-order chi connectivity index (χ1) is 16.7. The lowest BCUT2D eigenvalue weighted by atomic mass is 9.66. The van der Waals surface area contributed by atoms with Crippen LogP contribution in [-0.2, 0) is 19.1 Å². The van der Waals surface area contributed by atoms with E-state index in [9.17, 15) is 14.4 Å². The van der Waals surface area contributed by atoms with Gasteiger partial charge in [0, 0.05) is 30.5 Å². The number of aliphatic hydroxyl groups excluding tert-OH is 1. The van der Waals surface area contributed by atoms with Crippen LogP contribution in [0.5, 0.6) is 0 Å². The molecule has 2 bridgehead atoms. The van der Waals surface area contributed by atoms with Gasteiger partial charge in [-0.15, -0.1) is 18.3 Å². The van der Waals surface area contributed by atoms with Gasteiger partial charge < -0.3 is 19.6 Å². The highest BCUT2D eigenvalue weighted by atomic mass is 32.2. The summed E-state index contributed by atoms with van der Waals surface area (Å²) in [5.41, 5.74) is 0. The van der Waals surface area contributed by atoms with Gasteiger partial charge in [0.2, 0.25) is 11.8 Å². The Balaban J connectivity index is 1.98. The zero-order valence-electron chi connectivity index (χ0n) is 22.0. The van der Waals surface area contributed by atoms with Crippen molar-refractivity contribution < 1.29 is 24.2 Å². The molecule has 3 rings (SSSR count). The Bertz CT molecular complexity index is 806. The summed E-state index contributed by atoms with van der Waals surface area (Å²) >= 11 is 1.70. The van der Waals surface area contributed by atoms with Gasteiger partial charge in [-0.2, -0.15) is 0 Å². The second-order valence-corrected chi connectivity index (χ2v) is 12.5. The van der Waals surface area contributed by atoms with Crippen LogP contribution in [-0.4, -0.2) is 80.6 Å². The lowest BCUT2D eigenvalue weighted by Gasteiger charge is -2.39. The predicted octanol–water partition coefficient (Wildman–Crippen LogP) is 3.79. The van der Waals surface area contributed by atoms with Crippen LogP contribution in [0.25, 0.3) is 0 Å². The Labute approximate surface area is 215 Å². The maximum atomic E-state index is 14.3. The summed E-state index contributed by atoms with van der Waals surface area (Å²) in [5.74, 6) is -1.44. The van der Waals surface area contributed by atoms with E-state index in [1.54, 1.807) is 29.7 Å². The third-order valence-electron chi connectivity index (χ3n) is 8.21. The summed E-state index contributed by atoms with van der Waals surface area (Å²) in [6, 6.07) is -0.536. The first-order valence-corrected chi connectivity index (χ1v) is 14.2. The molecule has 198 valence electrons. The van der Waals surface area contributed by atoms with Gasteiger partial charge in [-0.3, -0.25) is 14.4 Å². The minimum absolute atomic E-state index is 0.0154. The van der Waals surface area contributed by atoms with E-state index in [-0.39, 0.29) is 37.0 Å². The maximum Gasteiger partial charge on any atom is 0.311 e. The number of likely N-dealkylation sites (tertiary alicyclic amines) is 1. The standard InChI is InChI=1S/C27H44N2O5S/c1-6-13-19(4)28(16-7-2)24(32)22-27-15-14-26(5,35-27)21(25(33)34-8-3)20(27)23(31)29(22)17-11-9-10-12-18-30/h7,19-22,30H,2,6,8-18H2,1,3-5H3/t19?,20-,21-,22?,26+,27?/m0/s1. The number of hydrogen-bond acceptors (Lipinski definition) is 6. The Morgan fingerprint density at radius 1 is 1.29 bits per heavy atom. The number of esters is 1. The molecule has 8 heteroatoms. The molecule has 3 aliphatic rings. The average molecular weight is 509 g/mol. The Morgan fingerprint density at radius 2 is 2.00 bits per heavy atom. The van der Waals surface area contributed by atoms with Crippen molar-refractivity contribution in [1.82, 2.24) is 9.80 Å². The van der Waals surface area contributed by atoms with Crippen LogP contribution in [0, 0.1) is 11.8 Å². The van der Waals surface area contributed by atoms with Crippen LogP contribution in [0.2, 0.25) is 0 Å². The number of carbonyl (C=O) groups is 3. The number of rotatable bonds is 14. The highest BCUT2D eigenvalue weighted by Gasteiger charge is 2.77. The summed E-state index contributed by atoms with van der Waals surface area (Å²) in [7, 11) is 0. The molecule has 7 nitrogen and oxygen atoms in total. The van der Waals surface area contributed by atoms with Crippen LogP contribution < -0.4 is 0 Å². The number of unbranched alkanes of at least 4 members (excludes halogenated alkanes) is 3. The van der Waals surface area contributed by atoms with Crippen molar-refractivity contribution in [3.8, 4) is 0 Å². The molecular weight excluding hydrogens is 464 g/mol. The zero-order chi connectivity index (χ0) is 25.8. The molecule has 35 heavy (non-hydrogen) atoms. The van der Waals surface area contributed by atoms with Gasteiger partial charge in [0.25, 0.3) is 0 Å². The minimum atomic E-state index is -0.600. The van der Waals surface area contributed by atoms with Crippen molar-refractivity contribution in [2.45, 2.75) is 101 Å². The first-order valence-electron chi connectivity index (χ1n) is 13.4. The topological polar surface area (TPSA) is 87.2 Å². The third-order valence-corrected chi connectivity index (χ3v) is 10.2. The molecular formula is C27H44N2O5S. The fraction of sp³-hybridized carbons (Fsp3) is 0.815. The molecule has 0 aromatic carbocycles. The van der Waals surface area contributed by atoms with Crippen molar-refractivity contribution in [2.75, 3.05) is 26.3 Å². The van der Waals surface area contributed by atoms with Gasteiger partial charge in [-0.1, -0.05) is 32.3 Å². The summed E-state index contributed by atoms with van der Waals surface area (Å²) in [5, 5.41) is 9.10. The van der Waals surface area contributed by atoms with E-state index in [0.717, 1.165) is 51.4 Å². The molecule has 0 aromatic rings. The molecule has 0 aliphatic carbocycles. The van der Waals surface area contributed by atoms with E-state index in [4.69, 9.17) is 9.84 Å². The van der Waals surface area contributed by atoms with Gasteiger partial charge in [0.05, 0.1) is 23.2 Å². The molecule has 3 fully saturated rings. The van der Waals surface area contributed by atoms with E-state index in [1.807, 2.05) is 4.90 Å². The SMILES string of the molecule is C=CCN(C(=O)C1N(CCCCCCO)C(=O)[C@@H]2[C@@H](C(=O)OCC)[C@@]3(C)CCC12S3)C(C)CCC. The van der Waals surface area contributed by atoms with Gasteiger partial charge in [-0.05, 0) is 52.9 Å². The van der Waals surface area contributed by atoms with Crippen LogP contribution in [0.1, 0.15) is 79.1 Å². The Morgan fingerprint density at radius 3 is 2.63 bits per heavy atom. The summed E-state index contributed by atoms with van der Waals surface area (Å²) in [4.78, 5) is 45.1. The number of fused-ring (bicyclic) bond motifs is 1. The van der Waals surface area contributed by atoms with Crippen molar-refractivity contribution in [1.29, 1.82) is 0 Å². The van der Waals surface area contributed by atoms with E-state index < -0.39 is 27.4 Å². The monoisotopic (exact) mass is 508 g/mol. The molecule has 0 radical (unpaired) electrons. The first kappa shape index (κ1) is 28.0. The normalized spacial score (nSPS) is 32.0. The van der Waals surface area contributed by atoms with Crippen molar-refractivity contribution in [3.63, 3.8) is 0 Å². The number of nitrogens with zero attached hydrogens (tertiary/aromatic N) is 2. The number of aliphatic hydroxyl groups is 1. The quantitative estimate of drug-likeness (QED) is 0.218. The highest BCUT2D eigenvalue weighted by Crippen LogP contribution is 2.71. The second kappa shape index (κ2) is 11.7. The summed E-state index contributed by atoms with van der Waals surface area (Å²) in [6.45, 7) is 13.3. The predicted molar refractivity (Wildman–Crippen MR) is 139 cm³/mol. The molecule has 0 aromatic heterocycles. The second-order valence-electron chi connectivity index (χ2n) is 10.6. The molecule has 1 N–H and O–H groups in total. The van der Waals surface area contributed by atoms with E-state index in [1.165, 1.54) is 0 Å². The van der Waals surface area contributed by atoms with Crippen LogP contribution in [0.15, 0.2) is 12.7 Å². The number of amides is 2. The lowest BCUT2D eigenvalue weighted by molar-refractivity contribution is -0.155. The molecule has 3 heterocycles. The molecule has 0 saturated carbocycles. The molecule has 3 unspecified atom stereocenters. The largest absolute Gasteiger partial charge is 0.466 e. The minimum Gasteiger partial charge on any atom is -0.466 e. The van der Waals surface area contributed by atoms with Gasteiger partial charge in [-0.25, -0.2) is 0 Å². The van der Waals surface area contributed by atoms with Gasteiger partial charge >= 0.3 is 5.97 Å². The molecule has 6 atom stereocenters.